The number of rotatable bonds is 8. The molecule has 0 radical (unpaired) electrons. The number of piperazine rings is 1. The monoisotopic (exact) mass is 410 g/mol. The number of para-hydroxylation sites is 1. The third kappa shape index (κ3) is 5.33. The van der Waals surface area contributed by atoms with Gasteiger partial charge in [-0.15, -0.1) is 0 Å². The molecule has 0 aromatic heterocycles. The second-order valence-electron chi connectivity index (χ2n) is 7.96. The molecule has 1 aliphatic heterocycles. The fraction of sp³-hybridized carbons (Fsp3) is 0.480. The highest BCUT2D eigenvalue weighted by atomic mass is 16.5. The van der Waals surface area contributed by atoms with Crippen LogP contribution in [-0.4, -0.2) is 55.0 Å². The molecule has 5 heteroatoms. The molecule has 0 unspecified atom stereocenters. The predicted octanol–water partition coefficient (Wildman–Crippen LogP) is 4.57. The number of hydrogen-bond donors (Lipinski definition) is 0. The highest BCUT2D eigenvalue weighted by Crippen LogP contribution is 2.28. The Bertz CT molecular complexity index is 842. The van der Waals surface area contributed by atoms with Crippen molar-refractivity contribution >= 4 is 5.91 Å². The number of benzene rings is 2. The average molecular weight is 411 g/mol. The summed E-state index contributed by atoms with van der Waals surface area (Å²) in [7, 11) is 0. The molecule has 0 saturated carbocycles. The molecule has 162 valence electrons. The van der Waals surface area contributed by atoms with Gasteiger partial charge in [-0.3, -0.25) is 4.79 Å². The zero-order valence-electron chi connectivity index (χ0n) is 18.7. The lowest BCUT2D eigenvalue weighted by Gasteiger charge is -2.34. The van der Waals surface area contributed by atoms with E-state index in [1.54, 1.807) is 0 Å². The van der Waals surface area contributed by atoms with E-state index in [0.717, 1.165) is 49.8 Å². The minimum atomic E-state index is 0.0811. The molecular weight excluding hydrogens is 376 g/mol. The number of likely N-dealkylation sites (N-methyl/N-ethyl adjacent to an activating group) is 1. The van der Waals surface area contributed by atoms with Crippen molar-refractivity contribution in [3.8, 4) is 11.5 Å². The molecule has 30 heavy (non-hydrogen) atoms. The minimum Gasteiger partial charge on any atom is -0.493 e. The van der Waals surface area contributed by atoms with E-state index in [2.05, 4.69) is 31.7 Å². The molecule has 2 aromatic rings. The molecule has 3 rings (SSSR count). The summed E-state index contributed by atoms with van der Waals surface area (Å²) < 4.78 is 12.0. The predicted molar refractivity (Wildman–Crippen MR) is 120 cm³/mol. The lowest BCUT2D eigenvalue weighted by molar-refractivity contribution is 0.0643. The highest BCUT2D eigenvalue weighted by Gasteiger charge is 2.22. The van der Waals surface area contributed by atoms with Crippen molar-refractivity contribution in [1.82, 2.24) is 9.80 Å². The van der Waals surface area contributed by atoms with Crippen LogP contribution in [0.3, 0.4) is 0 Å². The van der Waals surface area contributed by atoms with Crippen LogP contribution in [0.25, 0.3) is 0 Å². The Hall–Kier alpha value is -2.53. The second kappa shape index (κ2) is 10.5. The van der Waals surface area contributed by atoms with E-state index >= 15 is 0 Å². The molecule has 1 saturated heterocycles. The normalized spacial score (nSPS) is 14.8. The molecule has 1 heterocycles. The maximum absolute atomic E-state index is 13.1. The molecule has 0 atom stereocenters. The van der Waals surface area contributed by atoms with Gasteiger partial charge in [0.1, 0.15) is 18.1 Å². The molecule has 0 spiro atoms. The smallest absolute Gasteiger partial charge is 0.253 e. The van der Waals surface area contributed by atoms with E-state index in [9.17, 15) is 4.79 Å². The van der Waals surface area contributed by atoms with Gasteiger partial charge in [0.05, 0.1) is 6.61 Å². The Morgan fingerprint density at radius 2 is 1.70 bits per heavy atom. The number of carbonyl (C=O) groups is 1. The van der Waals surface area contributed by atoms with Gasteiger partial charge in [-0.05, 0) is 49.2 Å². The Labute approximate surface area is 180 Å². The first kappa shape index (κ1) is 22.2. The van der Waals surface area contributed by atoms with Gasteiger partial charge in [-0.2, -0.15) is 0 Å². The number of hydrogen-bond acceptors (Lipinski definition) is 4. The summed E-state index contributed by atoms with van der Waals surface area (Å²) in [6, 6.07) is 13.8. The summed E-state index contributed by atoms with van der Waals surface area (Å²) in [5.41, 5.74) is 2.77. The van der Waals surface area contributed by atoms with Crippen molar-refractivity contribution in [1.29, 1.82) is 0 Å². The topological polar surface area (TPSA) is 42.0 Å². The van der Waals surface area contributed by atoms with Gasteiger partial charge in [0.2, 0.25) is 0 Å². The maximum atomic E-state index is 13.1. The quantitative estimate of drug-likeness (QED) is 0.640. The molecule has 0 N–H and O–H groups in total. The molecule has 1 aliphatic rings. The van der Waals surface area contributed by atoms with Crippen LogP contribution in [0.15, 0.2) is 42.5 Å². The van der Waals surface area contributed by atoms with E-state index in [4.69, 9.17) is 9.47 Å². The first-order chi connectivity index (χ1) is 14.5. The van der Waals surface area contributed by atoms with Gasteiger partial charge in [0, 0.05) is 37.3 Å². The highest BCUT2D eigenvalue weighted by molar-refractivity contribution is 5.94. The SMILES string of the molecule is CCOc1ccc(C(=O)N2CCN(CC)CC2)cc1COc1ccccc1C(C)C. The van der Waals surface area contributed by atoms with Crippen LogP contribution in [-0.2, 0) is 6.61 Å². The van der Waals surface area contributed by atoms with E-state index in [-0.39, 0.29) is 5.91 Å². The maximum Gasteiger partial charge on any atom is 0.253 e. The largest absolute Gasteiger partial charge is 0.493 e. The Balaban J connectivity index is 1.77. The Morgan fingerprint density at radius 3 is 2.37 bits per heavy atom. The van der Waals surface area contributed by atoms with Crippen molar-refractivity contribution in [2.75, 3.05) is 39.3 Å². The molecule has 1 fully saturated rings. The number of ether oxygens (including phenoxy) is 2. The molecule has 0 aliphatic carbocycles. The Kier molecular flexibility index (Phi) is 7.75. The van der Waals surface area contributed by atoms with Crippen LogP contribution in [0, 0.1) is 0 Å². The zero-order chi connectivity index (χ0) is 21.5. The lowest BCUT2D eigenvalue weighted by atomic mass is 10.0. The third-order valence-electron chi connectivity index (χ3n) is 5.64. The van der Waals surface area contributed by atoms with Gasteiger partial charge >= 0.3 is 0 Å². The van der Waals surface area contributed by atoms with Gasteiger partial charge in [-0.1, -0.05) is 39.0 Å². The summed E-state index contributed by atoms with van der Waals surface area (Å²) >= 11 is 0. The van der Waals surface area contributed by atoms with Crippen LogP contribution in [0.5, 0.6) is 11.5 Å². The molecule has 1 amide bonds. The van der Waals surface area contributed by atoms with Gasteiger partial charge in [0.25, 0.3) is 5.91 Å². The van der Waals surface area contributed by atoms with Gasteiger partial charge < -0.3 is 19.3 Å². The first-order valence-electron chi connectivity index (χ1n) is 11.0. The van der Waals surface area contributed by atoms with E-state index < -0.39 is 0 Å². The molecule has 5 nitrogen and oxygen atoms in total. The summed E-state index contributed by atoms with van der Waals surface area (Å²) in [4.78, 5) is 17.4. The fourth-order valence-corrected chi connectivity index (χ4v) is 3.82. The van der Waals surface area contributed by atoms with Crippen LogP contribution in [0.1, 0.15) is 55.1 Å². The summed E-state index contributed by atoms with van der Waals surface area (Å²) in [5.74, 6) is 2.11. The lowest BCUT2D eigenvalue weighted by Crippen LogP contribution is -2.48. The zero-order valence-corrected chi connectivity index (χ0v) is 18.7. The average Bonchev–Trinajstić information content (AvgIpc) is 2.78. The number of nitrogens with zero attached hydrogens (tertiary/aromatic N) is 2. The summed E-state index contributed by atoms with van der Waals surface area (Å²) in [6.45, 7) is 13.8. The van der Waals surface area contributed by atoms with Gasteiger partial charge in [0.15, 0.2) is 0 Å². The summed E-state index contributed by atoms with van der Waals surface area (Å²) in [5, 5.41) is 0. The van der Waals surface area contributed by atoms with Crippen molar-refractivity contribution in [3.05, 3.63) is 59.2 Å². The second-order valence-corrected chi connectivity index (χ2v) is 7.96. The van der Waals surface area contributed by atoms with Gasteiger partial charge in [-0.25, -0.2) is 0 Å². The van der Waals surface area contributed by atoms with Crippen molar-refractivity contribution in [3.63, 3.8) is 0 Å². The number of amides is 1. The van der Waals surface area contributed by atoms with E-state index in [1.807, 2.05) is 48.2 Å². The molecule has 2 aromatic carbocycles. The van der Waals surface area contributed by atoms with Crippen LogP contribution in [0.4, 0.5) is 0 Å². The number of carbonyl (C=O) groups excluding carboxylic acids is 1. The third-order valence-corrected chi connectivity index (χ3v) is 5.64. The molecule has 0 bridgehead atoms. The van der Waals surface area contributed by atoms with Crippen molar-refractivity contribution in [2.24, 2.45) is 0 Å². The first-order valence-corrected chi connectivity index (χ1v) is 11.0. The van der Waals surface area contributed by atoms with Crippen LogP contribution >= 0.6 is 0 Å². The summed E-state index contributed by atoms with van der Waals surface area (Å²) in [6.07, 6.45) is 0. The Morgan fingerprint density at radius 1 is 0.967 bits per heavy atom. The van der Waals surface area contributed by atoms with Crippen molar-refractivity contribution < 1.29 is 14.3 Å². The molecular formula is C25H34N2O3. The van der Waals surface area contributed by atoms with E-state index in [1.165, 1.54) is 5.56 Å². The van der Waals surface area contributed by atoms with E-state index in [0.29, 0.717) is 24.7 Å². The van der Waals surface area contributed by atoms with Crippen LogP contribution < -0.4 is 9.47 Å². The van der Waals surface area contributed by atoms with Crippen molar-refractivity contribution in [2.45, 2.75) is 40.2 Å². The standard InChI is InChI=1S/C25H34N2O3/c1-5-26-13-15-27(16-14-26)25(28)20-11-12-23(29-6-2)21(17-20)18-30-24-10-8-7-9-22(24)19(3)4/h7-12,17,19H,5-6,13-16,18H2,1-4H3. The fourth-order valence-electron chi connectivity index (χ4n) is 3.82. The minimum absolute atomic E-state index is 0.0811. The van der Waals surface area contributed by atoms with Crippen LogP contribution in [0.2, 0.25) is 0 Å².